The number of nitrogens with zero attached hydrogens (tertiary/aromatic N) is 1. The molecule has 1 aromatic rings. The first-order valence-corrected chi connectivity index (χ1v) is 7.64. The molecular formula is C8H11Br2N3O2S. The molecule has 1 rings (SSSR count). The smallest absolute Gasteiger partial charge is 0.213 e. The summed E-state index contributed by atoms with van der Waals surface area (Å²) >= 11 is 6.61. The van der Waals surface area contributed by atoms with Crippen molar-refractivity contribution in [2.24, 2.45) is 0 Å². The summed E-state index contributed by atoms with van der Waals surface area (Å²) in [4.78, 5) is 4.10. The molecule has 8 heteroatoms. The minimum absolute atomic E-state index is 0.00762. The van der Waals surface area contributed by atoms with Crippen molar-refractivity contribution < 1.29 is 8.42 Å². The van der Waals surface area contributed by atoms with Crippen molar-refractivity contribution in [1.82, 2.24) is 9.71 Å². The molecule has 0 saturated carbocycles. The highest BCUT2D eigenvalue weighted by Gasteiger charge is 2.07. The largest absolute Gasteiger partial charge is 0.368 e. The van der Waals surface area contributed by atoms with E-state index in [1.54, 1.807) is 6.20 Å². The van der Waals surface area contributed by atoms with E-state index >= 15 is 0 Å². The lowest BCUT2D eigenvalue weighted by atomic mass is 10.4. The topological polar surface area (TPSA) is 71.1 Å². The molecule has 0 aromatic carbocycles. The van der Waals surface area contributed by atoms with E-state index in [2.05, 4.69) is 46.9 Å². The third-order valence-electron chi connectivity index (χ3n) is 1.78. The number of sulfonamides is 1. The van der Waals surface area contributed by atoms with Gasteiger partial charge in [0, 0.05) is 17.2 Å². The van der Waals surface area contributed by atoms with Crippen LogP contribution >= 0.6 is 31.9 Å². The Labute approximate surface area is 111 Å². The summed E-state index contributed by atoms with van der Waals surface area (Å²) in [6.07, 6.45) is 1.64. The number of nitrogens with one attached hydrogen (secondary N) is 2. The Balaban J connectivity index is 2.56. The van der Waals surface area contributed by atoms with Gasteiger partial charge in [-0.25, -0.2) is 18.1 Å². The zero-order valence-corrected chi connectivity index (χ0v) is 12.5. The third kappa shape index (κ3) is 4.36. The Morgan fingerprint density at radius 2 is 2.12 bits per heavy atom. The van der Waals surface area contributed by atoms with Crippen LogP contribution in [-0.4, -0.2) is 32.7 Å². The Morgan fingerprint density at radius 1 is 1.44 bits per heavy atom. The van der Waals surface area contributed by atoms with Gasteiger partial charge in [-0.15, -0.1) is 0 Å². The van der Waals surface area contributed by atoms with Crippen molar-refractivity contribution >= 4 is 47.7 Å². The Bertz CT molecular complexity index is 464. The highest BCUT2D eigenvalue weighted by atomic mass is 79.9. The second kappa shape index (κ2) is 5.95. The Morgan fingerprint density at radius 3 is 2.69 bits per heavy atom. The molecule has 0 radical (unpaired) electrons. The van der Waals surface area contributed by atoms with Crippen LogP contribution in [-0.2, 0) is 10.0 Å². The van der Waals surface area contributed by atoms with Gasteiger partial charge in [0.2, 0.25) is 10.0 Å². The minimum Gasteiger partial charge on any atom is -0.368 e. The summed E-state index contributed by atoms with van der Waals surface area (Å²) in [7, 11) is -1.78. The van der Waals surface area contributed by atoms with E-state index < -0.39 is 10.0 Å². The van der Waals surface area contributed by atoms with Crippen LogP contribution in [0.2, 0.25) is 0 Å². The molecular weight excluding hydrogens is 362 g/mol. The molecule has 0 aliphatic rings. The molecule has 90 valence electrons. The maximum Gasteiger partial charge on any atom is 0.213 e. The second-order valence-corrected chi connectivity index (χ2v) is 6.75. The number of aromatic nitrogens is 1. The van der Waals surface area contributed by atoms with E-state index in [1.807, 2.05) is 6.07 Å². The van der Waals surface area contributed by atoms with Gasteiger partial charge in [0.25, 0.3) is 0 Å². The normalized spacial score (nSPS) is 11.4. The van der Waals surface area contributed by atoms with Crippen LogP contribution in [0.25, 0.3) is 0 Å². The molecule has 5 nitrogen and oxygen atoms in total. The van der Waals surface area contributed by atoms with Crippen molar-refractivity contribution in [2.45, 2.75) is 0 Å². The van der Waals surface area contributed by atoms with Gasteiger partial charge in [0.05, 0.1) is 10.2 Å². The maximum absolute atomic E-state index is 11.1. The predicted molar refractivity (Wildman–Crippen MR) is 71.0 cm³/mol. The van der Waals surface area contributed by atoms with Crippen molar-refractivity contribution in [3.05, 3.63) is 21.2 Å². The molecule has 0 bridgehead atoms. The summed E-state index contributed by atoms with van der Waals surface area (Å²) in [5.74, 6) is 0.628. The van der Waals surface area contributed by atoms with E-state index in [-0.39, 0.29) is 5.75 Å². The van der Waals surface area contributed by atoms with Crippen LogP contribution in [0.5, 0.6) is 0 Å². The van der Waals surface area contributed by atoms with Crippen molar-refractivity contribution in [2.75, 3.05) is 24.7 Å². The van der Waals surface area contributed by atoms with Crippen LogP contribution in [0, 0.1) is 0 Å². The second-order valence-electron chi connectivity index (χ2n) is 2.93. The summed E-state index contributed by atoms with van der Waals surface area (Å²) in [5.41, 5.74) is 0. The van der Waals surface area contributed by atoms with Crippen LogP contribution in [0.4, 0.5) is 5.82 Å². The molecule has 0 aliphatic carbocycles. The number of anilines is 1. The van der Waals surface area contributed by atoms with E-state index in [9.17, 15) is 8.42 Å². The van der Waals surface area contributed by atoms with Gasteiger partial charge in [0.15, 0.2) is 0 Å². The minimum atomic E-state index is -3.18. The monoisotopic (exact) mass is 371 g/mol. The molecule has 0 atom stereocenters. The lowest BCUT2D eigenvalue weighted by Gasteiger charge is -2.07. The fourth-order valence-electron chi connectivity index (χ4n) is 0.951. The molecule has 1 aromatic heterocycles. The van der Waals surface area contributed by atoms with Crippen molar-refractivity contribution in [3.8, 4) is 0 Å². The zero-order chi connectivity index (χ0) is 12.2. The highest BCUT2D eigenvalue weighted by Crippen LogP contribution is 2.23. The van der Waals surface area contributed by atoms with Crippen molar-refractivity contribution in [3.63, 3.8) is 0 Å². The molecule has 0 unspecified atom stereocenters. The lowest BCUT2D eigenvalue weighted by molar-refractivity contribution is 0.588. The molecule has 2 N–H and O–H groups in total. The van der Waals surface area contributed by atoms with Crippen LogP contribution in [0.3, 0.4) is 0 Å². The Kier molecular flexibility index (Phi) is 5.16. The number of rotatable bonds is 5. The van der Waals surface area contributed by atoms with Crippen LogP contribution in [0.1, 0.15) is 0 Å². The molecule has 16 heavy (non-hydrogen) atoms. The molecule has 0 fully saturated rings. The zero-order valence-electron chi connectivity index (χ0n) is 8.50. The van der Waals surface area contributed by atoms with Gasteiger partial charge in [-0.3, -0.25) is 0 Å². The molecule has 0 aliphatic heterocycles. The summed E-state index contributed by atoms with van der Waals surface area (Å²) in [6.45, 7) is 0.302. The third-order valence-corrected chi connectivity index (χ3v) is 4.18. The number of halogens is 2. The van der Waals surface area contributed by atoms with Gasteiger partial charge >= 0.3 is 0 Å². The lowest BCUT2D eigenvalue weighted by Crippen LogP contribution is -2.26. The summed E-state index contributed by atoms with van der Waals surface area (Å²) in [5, 5.41) is 2.93. The van der Waals surface area contributed by atoms with Gasteiger partial charge in [0.1, 0.15) is 5.82 Å². The molecule has 1 heterocycles. The first-order chi connectivity index (χ1) is 7.44. The van der Waals surface area contributed by atoms with E-state index in [0.29, 0.717) is 12.4 Å². The highest BCUT2D eigenvalue weighted by molar-refractivity contribution is 9.11. The van der Waals surface area contributed by atoms with E-state index in [1.165, 1.54) is 7.05 Å². The summed E-state index contributed by atoms with van der Waals surface area (Å²) in [6, 6.07) is 1.84. The summed E-state index contributed by atoms with van der Waals surface area (Å²) < 4.78 is 26.2. The first kappa shape index (κ1) is 13.9. The van der Waals surface area contributed by atoms with Gasteiger partial charge in [-0.2, -0.15) is 0 Å². The Hall–Kier alpha value is -0.180. The first-order valence-electron chi connectivity index (χ1n) is 4.41. The van der Waals surface area contributed by atoms with Gasteiger partial charge in [-0.1, -0.05) is 0 Å². The van der Waals surface area contributed by atoms with Crippen molar-refractivity contribution in [1.29, 1.82) is 0 Å². The standard InChI is InChI=1S/C8H11Br2N3O2S/c1-11-16(14,15)3-2-12-8-7(10)4-6(9)5-13-8/h4-5,11H,2-3H2,1H3,(H,12,13). The number of hydrogen-bond donors (Lipinski definition) is 2. The number of hydrogen-bond acceptors (Lipinski definition) is 4. The predicted octanol–water partition coefficient (Wildman–Crippen LogP) is 1.57. The SMILES string of the molecule is CNS(=O)(=O)CCNc1ncc(Br)cc1Br. The van der Waals surface area contributed by atoms with Crippen LogP contribution < -0.4 is 10.0 Å². The van der Waals surface area contributed by atoms with E-state index in [4.69, 9.17) is 0 Å². The quantitative estimate of drug-likeness (QED) is 0.822. The van der Waals surface area contributed by atoms with E-state index in [0.717, 1.165) is 8.95 Å². The fourth-order valence-corrected chi connectivity index (χ4v) is 2.65. The van der Waals surface area contributed by atoms with Crippen LogP contribution in [0.15, 0.2) is 21.2 Å². The average Bonchev–Trinajstić information content (AvgIpc) is 2.21. The fraction of sp³-hybridized carbons (Fsp3) is 0.375. The number of pyridine rings is 1. The van der Waals surface area contributed by atoms with Gasteiger partial charge < -0.3 is 5.32 Å². The van der Waals surface area contributed by atoms with Gasteiger partial charge in [-0.05, 0) is 45.0 Å². The molecule has 0 saturated heterocycles. The average molecular weight is 373 g/mol. The maximum atomic E-state index is 11.1. The molecule has 0 amide bonds. The molecule has 0 spiro atoms.